The molecular formula is C17H25ClF3N3O2. The SMILES string of the molecule is CC(NC(=O)CCCCCCN)(C(N)=O)c1cccc(C(F)(F)F)c1.Cl. The third-order valence-electron chi connectivity index (χ3n) is 4.01. The van der Waals surface area contributed by atoms with Crippen LogP contribution in [0, 0.1) is 0 Å². The van der Waals surface area contributed by atoms with E-state index in [4.69, 9.17) is 11.5 Å². The summed E-state index contributed by atoms with van der Waals surface area (Å²) in [6.07, 6.45) is -1.23. The maximum Gasteiger partial charge on any atom is 0.416 e. The lowest BCUT2D eigenvalue weighted by Crippen LogP contribution is -2.52. The van der Waals surface area contributed by atoms with E-state index in [0.717, 1.165) is 31.4 Å². The molecule has 26 heavy (non-hydrogen) atoms. The molecule has 2 amide bonds. The number of hydrogen-bond donors (Lipinski definition) is 3. The predicted octanol–water partition coefficient (Wildman–Crippen LogP) is 2.85. The van der Waals surface area contributed by atoms with Crippen LogP contribution in [0.15, 0.2) is 24.3 Å². The normalized spacial score (nSPS) is 13.4. The molecule has 1 unspecified atom stereocenters. The lowest BCUT2D eigenvalue weighted by molar-refractivity contribution is -0.138. The van der Waals surface area contributed by atoms with Crippen molar-refractivity contribution in [1.82, 2.24) is 5.32 Å². The van der Waals surface area contributed by atoms with E-state index in [1.165, 1.54) is 19.1 Å². The van der Waals surface area contributed by atoms with E-state index in [1.54, 1.807) is 0 Å². The highest BCUT2D eigenvalue weighted by molar-refractivity contribution is 5.91. The molecule has 0 radical (unpaired) electrons. The van der Waals surface area contributed by atoms with Crippen LogP contribution in [-0.4, -0.2) is 18.4 Å². The molecule has 5 nitrogen and oxygen atoms in total. The zero-order chi connectivity index (χ0) is 19.1. The number of nitrogens with one attached hydrogen (secondary N) is 1. The standard InChI is InChI=1S/C17H24F3N3O2.ClH/c1-16(15(22)25,23-14(24)9-4-2-3-5-10-21)12-7-6-8-13(11-12)17(18,19)20;/h6-8,11H,2-5,9-10,21H2,1H3,(H2,22,25)(H,23,24);1H. The Hall–Kier alpha value is -1.80. The van der Waals surface area contributed by atoms with Gasteiger partial charge in [-0.25, -0.2) is 0 Å². The van der Waals surface area contributed by atoms with Crippen molar-refractivity contribution in [3.8, 4) is 0 Å². The molecule has 0 saturated carbocycles. The molecular weight excluding hydrogens is 371 g/mol. The van der Waals surface area contributed by atoms with Gasteiger partial charge in [0.1, 0.15) is 5.54 Å². The van der Waals surface area contributed by atoms with Crippen LogP contribution in [0.4, 0.5) is 13.2 Å². The van der Waals surface area contributed by atoms with Crippen molar-refractivity contribution in [2.45, 2.75) is 50.7 Å². The molecule has 0 aliphatic heterocycles. The summed E-state index contributed by atoms with van der Waals surface area (Å²) < 4.78 is 38.6. The molecule has 0 aliphatic rings. The first kappa shape index (κ1) is 24.2. The predicted molar refractivity (Wildman–Crippen MR) is 95.5 cm³/mol. The van der Waals surface area contributed by atoms with Crippen LogP contribution in [0.2, 0.25) is 0 Å². The van der Waals surface area contributed by atoms with E-state index in [0.29, 0.717) is 13.0 Å². The minimum Gasteiger partial charge on any atom is -0.367 e. The fourth-order valence-corrected chi connectivity index (χ4v) is 2.41. The third kappa shape index (κ3) is 6.84. The Balaban J connectivity index is 0.00000625. The number of nitrogens with two attached hydrogens (primary N) is 2. The number of carbonyl (C=O) groups excluding carboxylic acids is 2. The Labute approximate surface area is 157 Å². The lowest BCUT2D eigenvalue weighted by Gasteiger charge is -2.28. The van der Waals surface area contributed by atoms with Crippen molar-refractivity contribution < 1.29 is 22.8 Å². The third-order valence-corrected chi connectivity index (χ3v) is 4.01. The first-order valence-electron chi connectivity index (χ1n) is 8.10. The fraction of sp³-hybridized carbons (Fsp3) is 0.529. The second kappa shape index (κ2) is 10.4. The molecule has 0 bridgehead atoms. The molecule has 1 rings (SSSR count). The summed E-state index contributed by atoms with van der Waals surface area (Å²) in [5.74, 6) is -1.37. The smallest absolute Gasteiger partial charge is 0.367 e. The van der Waals surface area contributed by atoms with E-state index >= 15 is 0 Å². The fourth-order valence-electron chi connectivity index (χ4n) is 2.41. The second-order valence-corrected chi connectivity index (χ2v) is 6.07. The molecule has 0 aliphatic carbocycles. The van der Waals surface area contributed by atoms with Gasteiger partial charge in [-0.15, -0.1) is 12.4 Å². The first-order valence-corrected chi connectivity index (χ1v) is 8.10. The minimum atomic E-state index is -4.55. The van der Waals surface area contributed by atoms with Gasteiger partial charge in [0.2, 0.25) is 11.8 Å². The molecule has 0 saturated heterocycles. The number of carbonyl (C=O) groups is 2. The van der Waals surface area contributed by atoms with Crippen molar-refractivity contribution in [3.05, 3.63) is 35.4 Å². The van der Waals surface area contributed by atoms with Crippen LogP contribution >= 0.6 is 12.4 Å². The van der Waals surface area contributed by atoms with Crippen LogP contribution < -0.4 is 16.8 Å². The molecule has 0 aromatic heterocycles. The zero-order valence-electron chi connectivity index (χ0n) is 14.6. The summed E-state index contributed by atoms with van der Waals surface area (Å²) in [6.45, 7) is 1.89. The van der Waals surface area contributed by atoms with E-state index in [9.17, 15) is 22.8 Å². The van der Waals surface area contributed by atoms with Gasteiger partial charge in [-0.2, -0.15) is 13.2 Å². The van der Waals surface area contributed by atoms with E-state index < -0.39 is 29.1 Å². The number of alkyl halides is 3. The summed E-state index contributed by atoms with van der Waals surface area (Å²) in [5.41, 5.74) is 8.11. The van der Waals surface area contributed by atoms with Gasteiger partial charge in [-0.05, 0) is 44.0 Å². The Morgan fingerprint density at radius 1 is 1.08 bits per heavy atom. The van der Waals surface area contributed by atoms with E-state index in [2.05, 4.69) is 5.32 Å². The lowest BCUT2D eigenvalue weighted by atomic mass is 9.89. The Morgan fingerprint density at radius 3 is 2.19 bits per heavy atom. The first-order chi connectivity index (χ1) is 11.6. The highest BCUT2D eigenvalue weighted by Crippen LogP contribution is 2.32. The number of benzene rings is 1. The largest absolute Gasteiger partial charge is 0.416 e. The molecule has 1 atom stereocenters. The minimum absolute atomic E-state index is 0. The topological polar surface area (TPSA) is 98.2 Å². The maximum absolute atomic E-state index is 12.9. The Morgan fingerprint density at radius 2 is 1.65 bits per heavy atom. The van der Waals surface area contributed by atoms with E-state index in [-0.39, 0.29) is 24.4 Å². The van der Waals surface area contributed by atoms with Gasteiger partial charge in [-0.1, -0.05) is 25.0 Å². The number of amides is 2. The molecule has 5 N–H and O–H groups in total. The van der Waals surface area contributed by atoms with Gasteiger partial charge < -0.3 is 16.8 Å². The molecule has 0 heterocycles. The van der Waals surface area contributed by atoms with Gasteiger partial charge in [-0.3, -0.25) is 9.59 Å². The number of rotatable bonds is 9. The summed E-state index contributed by atoms with van der Waals surface area (Å²) in [4.78, 5) is 23.9. The highest BCUT2D eigenvalue weighted by atomic mass is 35.5. The van der Waals surface area contributed by atoms with Crippen LogP contribution in [0.5, 0.6) is 0 Å². The van der Waals surface area contributed by atoms with Crippen molar-refractivity contribution in [3.63, 3.8) is 0 Å². The molecule has 1 aromatic rings. The van der Waals surface area contributed by atoms with Crippen LogP contribution in [0.1, 0.15) is 50.2 Å². The Kier molecular flexibility index (Phi) is 9.66. The summed E-state index contributed by atoms with van der Waals surface area (Å²) >= 11 is 0. The van der Waals surface area contributed by atoms with Gasteiger partial charge in [0.25, 0.3) is 0 Å². The quantitative estimate of drug-likeness (QED) is 0.561. The highest BCUT2D eigenvalue weighted by Gasteiger charge is 2.37. The maximum atomic E-state index is 12.9. The van der Waals surface area contributed by atoms with Crippen molar-refractivity contribution in [1.29, 1.82) is 0 Å². The average Bonchev–Trinajstić information content (AvgIpc) is 2.53. The molecule has 148 valence electrons. The number of hydrogen-bond acceptors (Lipinski definition) is 3. The summed E-state index contributed by atoms with van der Waals surface area (Å²) in [6, 6.07) is 4.23. The molecule has 9 heteroatoms. The van der Waals surface area contributed by atoms with Gasteiger partial charge in [0.05, 0.1) is 5.56 Å². The van der Waals surface area contributed by atoms with E-state index in [1.807, 2.05) is 0 Å². The number of unbranched alkanes of at least 4 members (excludes halogenated alkanes) is 3. The van der Waals surface area contributed by atoms with Crippen molar-refractivity contribution in [2.75, 3.05) is 6.54 Å². The van der Waals surface area contributed by atoms with Gasteiger partial charge in [0, 0.05) is 6.42 Å². The van der Waals surface area contributed by atoms with Gasteiger partial charge in [0.15, 0.2) is 0 Å². The summed E-state index contributed by atoms with van der Waals surface area (Å²) in [5, 5.41) is 2.47. The molecule has 1 aromatic carbocycles. The van der Waals surface area contributed by atoms with Crippen LogP contribution in [0.3, 0.4) is 0 Å². The number of halogens is 4. The number of primary amides is 1. The monoisotopic (exact) mass is 395 g/mol. The zero-order valence-corrected chi connectivity index (χ0v) is 15.4. The second-order valence-electron chi connectivity index (χ2n) is 6.07. The molecule has 0 fully saturated rings. The van der Waals surface area contributed by atoms with Gasteiger partial charge >= 0.3 is 6.18 Å². The molecule has 0 spiro atoms. The van der Waals surface area contributed by atoms with Crippen molar-refractivity contribution in [2.24, 2.45) is 11.5 Å². The van der Waals surface area contributed by atoms with Crippen LogP contribution in [-0.2, 0) is 21.3 Å². The van der Waals surface area contributed by atoms with Crippen molar-refractivity contribution >= 4 is 24.2 Å². The average molecular weight is 396 g/mol. The van der Waals surface area contributed by atoms with Crippen LogP contribution in [0.25, 0.3) is 0 Å². The Bertz CT molecular complexity index is 611. The summed E-state index contributed by atoms with van der Waals surface area (Å²) in [7, 11) is 0.